The Bertz CT molecular complexity index is 949. The van der Waals surface area contributed by atoms with Gasteiger partial charge in [0.15, 0.2) is 0 Å². The van der Waals surface area contributed by atoms with Crippen LogP contribution in [0.5, 0.6) is 0 Å². The zero-order valence-corrected chi connectivity index (χ0v) is 15.7. The number of halogens is 2. The van der Waals surface area contributed by atoms with E-state index in [2.05, 4.69) is 43.0 Å². The average Bonchev–Trinajstić information content (AvgIpc) is 2.68. The summed E-state index contributed by atoms with van der Waals surface area (Å²) in [7, 11) is 0. The zero-order chi connectivity index (χ0) is 19.2. The molecule has 0 fully saturated rings. The van der Waals surface area contributed by atoms with E-state index in [1.165, 1.54) is 17.7 Å². The number of hydrogen-bond donors (Lipinski definition) is 0. The molecule has 0 aromatic heterocycles. The molecule has 27 heavy (non-hydrogen) atoms. The first-order valence-electron chi connectivity index (χ1n) is 9.30. The van der Waals surface area contributed by atoms with E-state index in [-0.39, 0.29) is 5.56 Å². The van der Waals surface area contributed by atoms with Crippen LogP contribution in [0.3, 0.4) is 0 Å². The number of benzene rings is 3. The predicted octanol–water partition coefficient (Wildman–Crippen LogP) is 6.55. The molecule has 0 bridgehead atoms. The second kappa shape index (κ2) is 8.64. The van der Waals surface area contributed by atoms with E-state index in [4.69, 9.17) is 0 Å². The molecule has 3 aromatic rings. The van der Waals surface area contributed by atoms with Crippen molar-refractivity contribution in [3.05, 3.63) is 94.6 Å². The molecular weight excluding hydrogens is 338 g/mol. The van der Waals surface area contributed by atoms with Gasteiger partial charge in [0.1, 0.15) is 11.6 Å². The number of hydrogen-bond acceptors (Lipinski definition) is 0. The smallest absolute Gasteiger partial charge is 0.142 e. The van der Waals surface area contributed by atoms with E-state index in [1.807, 2.05) is 31.2 Å². The molecule has 3 rings (SSSR count). The van der Waals surface area contributed by atoms with Gasteiger partial charge in [-0.1, -0.05) is 68.5 Å². The molecule has 0 atom stereocenters. The molecule has 3 aromatic carbocycles. The fraction of sp³-hybridized carbons (Fsp3) is 0.200. The van der Waals surface area contributed by atoms with Gasteiger partial charge in [-0.15, -0.1) is 0 Å². The van der Waals surface area contributed by atoms with Crippen LogP contribution in [0.4, 0.5) is 8.78 Å². The second-order valence-electron chi connectivity index (χ2n) is 6.56. The minimum Gasteiger partial charge on any atom is -0.206 e. The highest BCUT2D eigenvalue weighted by Crippen LogP contribution is 2.21. The molecule has 0 nitrogen and oxygen atoms in total. The first-order chi connectivity index (χ1) is 13.1. The topological polar surface area (TPSA) is 0 Å². The maximum absolute atomic E-state index is 14.0. The summed E-state index contributed by atoms with van der Waals surface area (Å²) >= 11 is 0. The van der Waals surface area contributed by atoms with Gasteiger partial charge in [0, 0.05) is 5.56 Å². The molecule has 0 amide bonds. The number of aryl methyl sites for hydroxylation is 2. The quantitative estimate of drug-likeness (QED) is 0.463. The SMILES string of the molecule is CCCc1ccc(-c2ccc(C#Cc3c(F)cc(CC)cc3F)cc2)cc1. The van der Waals surface area contributed by atoms with Crippen LogP contribution in [-0.4, -0.2) is 0 Å². The van der Waals surface area contributed by atoms with E-state index in [0.29, 0.717) is 12.0 Å². The van der Waals surface area contributed by atoms with Gasteiger partial charge in [-0.2, -0.15) is 0 Å². The van der Waals surface area contributed by atoms with Gasteiger partial charge in [-0.25, -0.2) is 8.78 Å². The maximum atomic E-state index is 14.0. The standard InChI is InChI=1S/C25H22F2/c1-3-5-19-6-11-21(12-7-19)22-13-8-20(9-14-22)10-15-23-24(26)16-18(4-2)17-25(23)27/h6-9,11-14,16-17H,3-5H2,1-2H3. The third kappa shape index (κ3) is 4.63. The van der Waals surface area contributed by atoms with Gasteiger partial charge >= 0.3 is 0 Å². The van der Waals surface area contributed by atoms with Crippen molar-refractivity contribution in [2.45, 2.75) is 33.1 Å². The normalized spacial score (nSPS) is 10.4. The molecule has 2 heteroatoms. The fourth-order valence-corrected chi connectivity index (χ4v) is 2.98. The highest BCUT2D eigenvalue weighted by atomic mass is 19.1. The lowest BCUT2D eigenvalue weighted by molar-refractivity contribution is 0.574. The van der Waals surface area contributed by atoms with Crippen molar-refractivity contribution in [2.24, 2.45) is 0 Å². The summed E-state index contributed by atoms with van der Waals surface area (Å²) in [4.78, 5) is 0. The Morgan fingerprint density at radius 3 is 1.78 bits per heavy atom. The van der Waals surface area contributed by atoms with Crippen LogP contribution in [0.2, 0.25) is 0 Å². The molecule has 0 saturated heterocycles. The summed E-state index contributed by atoms with van der Waals surface area (Å²) in [5.74, 6) is 4.27. The number of rotatable bonds is 4. The lowest BCUT2D eigenvalue weighted by atomic mass is 10.0. The summed E-state index contributed by atoms with van der Waals surface area (Å²) in [5.41, 5.74) is 4.74. The third-order valence-corrected chi connectivity index (χ3v) is 4.55. The monoisotopic (exact) mass is 360 g/mol. The van der Waals surface area contributed by atoms with E-state index in [1.54, 1.807) is 0 Å². The predicted molar refractivity (Wildman–Crippen MR) is 108 cm³/mol. The van der Waals surface area contributed by atoms with Crippen molar-refractivity contribution < 1.29 is 8.78 Å². The van der Waals surface area contributed by atoms with Crippen LogP contribution in [0.15, 0.2) is 60.7 Å². The first kappa shape index (κ1) is 18.9. The van der Waals surface area contributed by atoms with Crippen molar-refractivity contribution in [1.29, 1.82) is 0 Å². The molecule has 0 spiro atoms. The summed E-state index contributed by atoms with van der Waals surface area (Å²) in [6.07, 6.45) is 2.80. The van der Waals surface area contributed by atoms with Crippen molar-refractivity contribution in [1.82, 2.24) is 0 Å². The van der Waals surface area contributed by atoms with Crippen LogP contribution in [0, 0.1) is 23.5 Å². The summed E-state index contributed by atoms with van der Waals surface area (Å²) < 4.78 is 28.1. The van der Waals surface area contributed by atoms with Crippen molar-refractivity contribution >= 4 is 0 Å². The molecule has 0 aliphatic heterocycles. The molecule has 0 aliphatic carbocycles. The van der Waals surface area contributed by atoms with Crippen LogP contribution in [0.1, 0.15) is 42.5 Å². The third-order valence-electron chi connectivity index (χ3n) is 4.55. The van der Waals surface area contributed by atoms with Crippen molar-refractivity contribution in [3.8, 4) is 23.0 Å². The van der Waals surface area contributed by atoms with Gasteiger partial charge in [0.25, 0.3) is 0 Å². The highest BCUT2D eigenvalue weighted by molar-refractivity contribution is 5.64. The Balaban J connectivity index is 1.80. The Hall–Kier alpha value is -2.92. The second-order valence-corrected chi connectivity index (χ2v) is 6.56. The molecule has 136 valence electrons. The molecule has 0 radical (unpaired) electrons. The average molecular weight is 360 g/mol. The Labute approximate surface area is 159 Å². The lowest BCUT2D eigenvalue weighted by Crippen LogP contribution is -1.93. The first-order valence-corrected chi connectivity index (χ1v) is 9.30. The van der Waals surface area contributed by atoms with Gasteiger partial charge in [-0.3, -0.25) is 0 Å². The summed E-state index contributed by atoms with van der Waals surface area (Å²) in [6, 6.07) is 18.9. The van der Waals surface area contributed by atoms with Gasteiger partial charge in [-0.05, 0) is 59.4 Å². The Morgan fingerprint density at radius 2 is 1.26 bits per heavy atom. The highest BCUT2D eigenvalue weighted by Gasteiger charge is 2.08. The van der Waals surface area contributed by atoms with Gasteiger partial charge in [0.05, 0.1) is 5.56 Å². The lowest BCUT2D eigenvalue weighted by Gasteiger charge is -2.04. The van der Waals surface area contributed by atoms with E-state index < -0.39 is 11.6 Å². The molecule has 0 heterocycles. The summed E-state index contributed by atoms with van der Waals surface area (Å²) in [5, 5.41) is 0. The maximum Gasteiger partial charge on any atom is 0.142 e. The van der Waals surface area contributed by atoms with Crippen LogP contribution < -0.4 is 0 Å². The van der Waals surface area contributed by atoms with Crippen molar-refractivity contribution in [2.75, 3.05) is 0 Å². The molecule has 0 unspecified atom stereocenters. The zero-order valence-electron chi connectivity index (χ0n) is 15.7. The Kier molecular flexibility index (Phi) is 6.04. The van der Waals surface area contributed by atoms with Gasteiger partial charge < -0.3 is 0 Å². The Morgan fingerprint density at radius 1 is 0.704 bits per heavy atom. The van der Waals surface area contributed by atoms with E-state index >= 15 is 0 Å². The van der Waals surface area contributed by atoms with Crippen LogP contribution in [0.25, 0.3) is 11.1 Å². The molecule has 0 saturated carbocycles. The van der Waals surface area contributed by atoms with Crippen LogP contribution >= 0.6 is 0 Å². The van der Waals surface area contributed by atoms with E-state index in [0.717, 1.165) is 29.5 Å². The largest absolute Gasteiger partial charge is 0.206 e. The minimum atomic E-state index is -0.608. The fourth-order valence-electron chi connectivity index (χ4n) is 2.98. The van der Waals surface area contributed by atoms with E-state index in [9.17, 15) is 8.78 Å². The minimum absolute atomic E-state index is 0.178. The molecule has 0 N–H and O–H groups in total. The summed E-state index contributed by atoms with van der Waals surface area (Å²) in [6.45, 7) is 4.03. The van der Waals surface area contributed by atoms with Crippen molar-refractivity contribution in [3.63, 3.8) is 0 Å². The van der Waals surface area contributed by atoms with Crippen LogP contribution in [-0.2, 0) is 12.8 Å². The molecular formula is C25H22F2. The molecule has 0 aliphatic rings. The van der Waals surface area contributed by atoms with Gasteiger partial charge in [0.2, 0.25) is 0 Å².